The Morgan fingerprint density at radius 3 is 2.04 bits per heavy atom. The van der Waals surface area contributed by atoms with Gasteiger partial charge in [-0.2, -0.15) is 0 Å². The minimum Gasteiger partial charge on any atom is -0.389 e. The molecular weight excluding hydrogens is 298 g/mol. The van der Waals surface area contributed by atoms with Gasteiger partial charge in [0.1, 0.15) is 6.10 Å². The van der Waals surface area contributed by atoms with Crippen molar-refractivity contribution in [2.45, 2.75) is 38.4 Å². The van der Waals surface area contributed by atoms with E-state index in [1.165, 1.54) is 12.8 Å². The van der Waals surface area contributed by atoms with Crippen LogP contribution in [-0.4, -0.2) is 30.9 Å². The third-order valence-electron chi connectivity index (χ3n) is 4.00. The van der Waals surface area contributed by atoms with E-state index in [1.807, 2.05) is 36.4 Å². The Hall–Kier alpha value is -1.68. The Morgan fingerprint density at radius 2 is 1.50 bits per heavy atom. The normalized spacial score (nSPS) is 12.5. The van der Waals surface area contributed by atoms with Crippen molar-refractivity contribution in [2.24, 2.45) is 0 Å². The molecule has 2 N–H and O–H groups in total. The number of ether oxygens (including phenoxy) is 1. The van der Waals surface area contributed by atoms with Gasteiger partial charge >= 0.3 is 0 Å². The summed E-state index contributed by atoms with van der Waals surface area (Å²) in [7, 11) is 0. The second-order valence-corrected chi connectivity index (χ2v) is 6.10. The number of rotatable bonds is 11. The van der Waals surface area contributed by atoms with Crippen molar-refractivity contribution in [2.75, 3.05) is 19.7 Å². The van der Waals surface area contributed by atoms with Crippen LogP contribution in [0.3, 0.4) is 0 Å². The third kappa shape index (κ3) is 6.44. The summed E-state index contributed by atoms with van der Waals surface area (Å²) in [5.41, 5.74) is 2.21. The second-order valence-electron chi connectivity index (χ2n) is 6.10. The summed E-state index contributed by atoms with van der Waals surface area (Å²) in [6.07, 6.45) is 2.94. The van der Waals surface area contributed by atoms with Gasteiger partial charge in [-0.15, -0.1) is 0 Å². The number of nitrogens with one attached hydrogen (secondary N) is 1. The van der Waals surface area contributed by atoms with E-state index in [-0.39, 0.29) is 6.10 Å². The number of unbranched alkanes of at least 4 members (excludes halogenated alkanes) is 2. The molecule has 130 valence electrons. The van der Waals surface area contributed by atoms with Crippen LogP contribution in [0.15, 0.2) is 60.7 Å². The zero-order valence-electron chi connectivity index (χ0n) is 14.5. The van der Waals surface area contributed by atoms with Crippen LogP contribution in [0.2, 0.25) is 0 Å². The molecule has 1 atom stereocenters. The predicted octanol–water partition coefficient (Wildman–Crippen LogP) is 3.93. The van der Waals surface area contributed by atoms with Gasteiger partial charge in [0.2, 0.25) is 0 Å². The molecule has 3 nitrogen and oxygen atoms in total. The van der Waals surface area contributed by atoms with E-state index >= 15 is 0 Å². The third-order valence-corrected chi connectivity index (χ3v) is 4.00. The van der Waals surface area contributed by atoms with Crippen LogP contribution in [0, 0.1) is 0 Å². The highest BCUT2D eigenvalue weighted by Crippen LogP contribution is 2.25. The molecule has 3 heteroatoms. The highest BCUT2D eigenvalue weighted by atomic mass is 16.5. The van der Waals surface area contributed by atoms with Gasteiger partial charge in [-0.05, 0) is 24.1 Å². The maximum atomic E-state index is 10.2. The number of hydrogen-bond acceptors (Lipinski definition) is 3. The minimum absolute atomic E-state index is 0.151. The van der Waals surface area contributed by atoms with Crippen molar-refractivity contribution < 1.29 is 9.84 Å². The maximum Gasteiger partial charge on any atom is 0.108 e. The minimum atomic E-state index is -0.499. The lowest BCUT2D eigenvalue weighted by Gasteiger charge is -2.21. The summed E-state index contributed by atoms with van der Waals surface area (Å²) in [6, 6.07) is 20.3. The zero-order valence-corrected chi connectivity index (χ0v) is 14.5. The molecule has 2 aromatic carbocycles. The van der Waals surface area contributed by atoms with Gasteiger partial charge in [0.05, 0.1) is 12.7 Å². The second kappa shape index (κ2) is 11.0. The van der Waals surface area contributed by atoms with Crippen molar-refractivity contribution in [3.05, 3.63) is 71.8 Å². The lowest BCUT2D eigenvalue weighted by atomic mass is 10.0. The molecule has 2 rings (SSSR count). The molecule has 0 heterocycles. The Balaban J connectivity index is 1.88. The van der Waals surface area contributed by atoms with Gasteiger partial charge in [-0.25, -0.2) is 0 Å². The van der Waals surface area contributed by atoms with Crippen LogP contribution in [0.4, 0.5) is 0 Å². The summed E-state index contributed by atoms with van der Waals surface area (Å²) >= 11 is 0. The zero-order chi connectivity index (χ0) is 17.0. The van der Waals surface area contributed by atoms with E-state index in [4.69, 9.17) is 4.74 Å². The average Bonchev–Trinajstić information content (AvgIpc) is 2.63. The standard InChI is InChI=1S/C21H29NO2/c1-2-3-10-15-22-16-20(23)17-24-21(18-11-6-4-7-12-18)19-13-8-5-9-14-19/h4-9,11-14,20-23H,2-3,10,15-17H2,1H3/t20-/m1/s1. The Labute approximate surface area is 145 Å². The van der Waals surface area contributed by atoms with E-state index in [0.29, 0.717) is 13.2 Å². The lowest BCUT2D eigenvalue weighted by Crippen LogP contribution is -2.31. The fourth-order valence-electron chi connectivity index (χ4n) is 2.68. The van der Waals surface area contributed by atoms with E-state index in [2.05, 4.69) is 36.5 Å². The van der Waals surface area contributed by atoms with Crippen molar-refractivity contribution >= 4 is 0 Å². The summed E-state index contributed by atoms with van der Waals surface area (Å²) in [4.78, 5) is 0. The summed E-state index contributed by atoms with van der Waals surface area (Å²) in [6.45, 7) is 4.02. The van der Waals surface area contributed by atoms with Crippen molar-refractivity contribution in [1.82, 2.24) is 5.32 Å². The Bertz CT molecular complexity index is 505. The van der Waals surface area contributed by atoms with Gasteiger partial charge in [0.15, 0.2) is 0 Å². The van der Waals surface area contributed by atoms with Crippen LogP contribution in [0.5, 0.6) is 0 Å². The van der Waals surface area contributed by atoms with E-state index < -0.39 is 6.10 Å². The maximum absolute atomic E-state index is 10.2. The highest BCUT2D eigenvalue weighted by Gasteiger charge is 2.16. The summed E-state index contributed by atoms with van der Waals surface area (Å²) in [5, 5.41) is 13.5. The van der Waals surface area contributed by atoms with Crippen LogP contribution in [0.25, 0.3) is 0 Å². The molecule has 0 radical (unpaired) electrons. The molecule has 0 saturated carbocycles. The van der Waals surface area contributed by atoms with Crippen LogP contribution >= 0.6 is 0 Å². The van der Waals surface area contributed by atoms with Gasteiger partial charge in [-0.1, -0.05) is 80.4 Å². The molecule has 0 aliphatic carbocycles. The molecule has 0 unspecified atom stereocenters. The van der Waals surface area contributed by atoms with E-state index in [9.17, 15) is 5.11 Å². The molecule has 0 aromatic heterocycles. The Kier molecular flexibility index (Phi) is 8.53. The molecule has 0 spiro atoms. The van der Waals surface area contributed by atoms with E-state index in [0.717, 1.165) is 24.1 Å². The van der Waals surface area contributed by atoms with Crippen LogP contribution in [-0.2, 0) is 4.74 Å². The topological polar surface area (TPSA) is 41.5 Å². The molecule has 0 amide bonds. The largest absolute Gasteiger partial charge is 0.389 e. The fraction of sp³-hybridized carbons (Fsp3) is 0.429. The first-order valence-corrected chi connectivity index (χ1v) is 8.91. The van der Waals surface area contributed by atoms with Gasteiger partial charge in [0, 0.05) is 6.54 Å². The Morgan fingerprint density at radius 1 is 0.917 bits per heavy atom. The van der Waals surface area contributed by atoms with E-state index in [1.54, 1.807) is 0 Å². The number of aliphatic hydroxyl groups is 1. The first-order chi connectivity index (χ1) is 11.8. The first-order valence-electron chi connectivity index (χ1n) is 8.91. The van der Waals surface area contributed by atoms with Crippen molar-refractivity contribution in [3.8, 4) is 0 Å². The van der Waals surface area contributed by atoms with Gasteiger partial charge < -0.3 is 15.2 Å². The first kappa shape index (κ1) is 18.7. The predicted molar refractivity (Wildman–Crippen MR) is 99.1 cm³/mol. The molecular formula is C21H29NO2. The average molecular weight is 327 g/mol. The molecule has 0 aliphatic heterocycles. The molecule has 0 aliphatic rings. The SMILES string of the molecule is CCCCCNC[C@@H](O)COC(c1ccccc1)c1ccccc1. The highest BCUT2D eigenvalue weighted by molar-refractivity contribution is 5.29. The molecule has 24 heavy (non-hydrogen) atoms. The van der Waals surface area contributed by atoms with Gasteiger partial charge in [0.25, 0.3) is 0 Å². The summed E-state index contributed by atoms with van der Waals surface area (Å²) < 4.78 is 6.06. The molecule has 0 bridgehead atoms. The van der Waals surface area contributed by atoms with Gasteiger partial charge in [-0.3, -0.25) is 0 Å². The monoisotopic (exact) mass is 327 g/mol. The van der Waals surface area contributed by atoms with Crippen LogP contribution in [0.1, 0.15) is 43.4 Å². The van der Waals surface area contributed by atoms with Crippen LogP contribution < -0.4 is 5.32 Å². The number of hydrogen-bond donors (Lipinski definition) is 2. The number of aliphatic hydroxyl groups excluding tert-OH is 1. The number of benzene rings is 2. The molecule has 2 aromatic rings. The quantitative estimate of drug-likeness (QED) is 0.614. The summed E-state index contributed by atoms with van der Waals surface area (Å²) in [5.74, 6) is 0. The lowest BCUT2D eigenvalue weighted by molar-refractivity contribution is 0.00665. The van der Waals surface area contributed by atoms with Crippen molar-refractivity contribution in [3.63, 3.8) is 0 Å². The fourth-order valence-corrected chi connectivity index (χ4v) is 2.68. The molecule has 0 saturated heterocycles. The smallest absolute Gasteiger partial charge is 0.108 e. The molecule has 0 fully saturated rings. The van der Waals surface area contributed by atoms with Crippen molar-refractivity contribution in [1.29, 1.82) is 0 Å².